The first kappa shape index (κ1) is 21.7. The van der Waals surface area contributed by atoms with Crippen molar-refractivity contribution in [3.05, 3.63) is 84.1 Å². The highest BCUT2D eigenvalue weighted by Crippen LogP contribution is 2.28. The second-order valence-electron chi connectivity index (χ2n) is 7.20. The molecule has 1 heterocycles. The highest BCUT2D eigenvalue weighted by molar-refractivity contribution is 6.12. The van der Waals surface area contributed by atoms with Crippen LogP contribution in [0.1, 0.15) is 30.7 Å². The van der Waals surface area contributed by atoms with Gasteiger partial charge in [-0.05, 0) is 42.6 Å². The van der Waals surface area contributed by atoms with Gasteiger partial charge < -0.3 is 5.32 Å². The molecule has 0 radical (unpaired) electrons. The van der Waals surface area contributed by atoms with Gasteiger partial charge in [-0.15, -0.1) is 0 Å². The second-order valence-corrected chi connectivity index (χ2v) is 7.20. The van der Waals surface area contributed by atoms with Crippen molar-refractivity contribution in [2.45, 2.75) is 25.2 Å². The maximum Gasteiger partial charge on any atom is 0.226 e. The highest BCUT2D eigenvalue weighted by atomic mass is 17.2. The first-order valence-electron chi connectivity index (χ1n) is 10.3. The lowest BCUT2D eigenvalue weighted by Crippen LogP contribution is -2.30. The van der Waals surface area contributed by atoms with Crippen LogP contribution >= 0.6 is 0 Å². The van der Waals surface area contributed by atoms with Gasteiger partial charge in [-0.3, -0.25) is 9.80 Å². The molecular formula is C24H29N3O3. The number of allylic oxidation sites excluding steroid dienone is 6. The predicted octanol–water partition coefficient (Wildman–Crippen LogP) is 3.87. The summed E-state index contributed by atoms with van der Waals surface area (Å²) in [6.45, 7) is 5.85. The third-order valence-electron chi connectivity index (χ3n) is 5.13. The number of rotatable bonds is 8. The number of hydrogen-bond acceptors (Lipinski definition) is 5. The Balaban J connectivity index is 1.60. The Hall–Kier alpha value is -2.96. The molecule has 1 saturated heterocycles. The molecule has 0 saturated carbocycles. The van der Waals surface area contributed by atoms with E-state index in [0.717, 1.165) is 37.2 Å². The molecule has 1 fully saturated rings. The number of hydrogen-bond donors (Lipinski definition) is 1. The Morgan fingerprint density at radius 1 is 1.27 bits per heavy atom. The van der Waals surface area contributed by atoms with Crippen molar-refractivity contribution in [3.63, 3.8) is 0 Å². The fourth-order valence-electron chi connectivity index (χ4n) is 3.60. The smallest absolute Gasteiger partial charge is 0.226 e. The van der Waals surface area contributed by atoms with Crippen molar-refractivity contribution in [2.75, 3.05) is 26.8 Å². The van der Waals surface area contributed by atoms with E-state index < -0.39 is 0 Å². The van der Waals surface area contributed by atoms with E-state index in [1.54, 1.807) is 6.08 Å². The molecule has 1 aliphatic heterocycles. The van der Waals surface area contributed by atoms with Crippen LogP contribution in [-0.4, -0.2) is 43.4 Å². The molecule has 1 aromatic rings. The van der Waals surface area contributed by atoms with E-state index in [4.69, 9.17) is 9.99 Å². The van der Waals surface area contributed by atoms with Crippen LogP contribution in [0.2, 0.25) is 0 Å². The molecule has 0 spiro atoms. The average Bonchev–Trinajstić information content (AvgIpc) is 2.77. The van der Waals surface area contributed by atoms with Crippen LogP contribution in [-0.2, 0) is 14.6 Å². The summed E-state index contributed by atoms with van der Waals surface area (Å²) >= 11 is 0. The van der Waals surface area contributed by atoms with Crippen LogP contribution in [0.15, 0.2) is 83.7 Å². The number of nitrogens with one attached hydrogen (secondary N) is 1. The number of carbonyl (C=O) groups is 1. The lowest BCUT2D eigenvalue weighted by Gasteiger charge is -2.31. The lowest BCUT2D eigenvalue weighted by atomic mass is 9.90. The van der Waals surface area contributed by atoms with Crippen LogP contribution in [0.4, 0.5) is 0 Å². The molecule has 3 rings (SSSR count). The molecule has 6 heteroatoms. The lowest BCUT2D eigenvalue weighted by molar-refractivity contribution is -0.271. The van der Waals surface area contributed by atoms with Gasteiger partial charge in [0.2, 0.25) is 5.91 Å². The molecule has 30 heavy (non-hydrogen) atoms. The molecule has 6 nitrogen and oxygen atoms in total. The van der Waals surface area contributed by atoms with Gasteiger partial charge >= 0.3 is 0 Å². The maximum atomic E-state index is 12.0. The Morgan fingerprint density at radius 2 is 2.03 bits per heavy atom. The van der Waals surface area contributed by atoms with Gasteiger partial charge in [0.25, 0.3) is 0 Å². The van der Waals surface area contributed by atoms with Crippen molar-refractivity contribution < 1.29 is 14.6 Å². The first-order valence-corrected chi connectivity index (χ1v) is 10.3. The Morgan fingerprint density at radius 3 is 2.73 bits per heavy atom. The minimum Gasteiger partial charge on any atom is -0.326 e. The van der Waals surface area contributed by atoms with Crippen LogP contribution in [0.3, 0.4) is 0 Å². The predicted molar refractivity (Wildman–Crippen MR) is 119 cm³/mol. The molecule has 1 aliphatic carbocycles. The third kappa shape index (κ3) is 6.27. The van der Waals surface area contributed by atoms with Crippen molar-refractivity contribution >= 4 is 11.6 Å². The van der Waals surface area contributed by atoms with Gasteiger partial charge in [0, 0.05) is 24.4 Å². The first-order chi connectivity index (χ1) is 14.7. The summed E-state index contributed by atoms with van der Waals surface area (Å²) in [5.41, 5.74) is 3.91. The molecule has 1 amide bonds. The summed E-state index contributed by atoms with van der Waals surface area (Å²) in [5.74, 6) is 0.459. The fraction of sp³-hybridized carbons (Fsp3) is 0.333. The van der Waals surface area contributed by atoms with E-state index in [0.29, 0.717) is 11.6 Å². The van der Waals surface area contributed by atoms with Gasteiger partial charge in [0.1, 0.15) is 0 Å². The SMILES string of the molecule is C=C/C=C1/C=C(NC(=O)CCOOC)C=C/C1=N/N1CCC(c2ccccc2)CC1. The Bertz CT molecular complexity index is 848. The topological polar surface area (TPSA) is 63.2 Å². The van der Waals surface area contributed by atoms with E-state index >= 15 is 0 Å². The van der Waals surface area contributed by atoms with E-state index in [1.165, 1.54) is 12.7 Å². The third-order valence-corrected chi connectivity index (χ3v) is 5.13. The van der Waals surface area contributed by atoms with Gasteiger partial charge in [0.05, 0.1) is 25.8 Å². The number of benzene rings is 1. The van der Waals surface area contributed by atoms with E-state index in [-0.39, 0.29) is 18.9 Å². The van der Waals surface area contributed by atoms with E-state index in [2.05, 4.69) is 52.1 Å². The largest absolute Gasteiger partial charge is 0.326 e. The van der Waals surface area contributed by atoms with Gasteiger partial charge in [-0.2, -0.15) is 5.10 Å². The van der Waals surface area contributed by atoms with Crippen LogP contribution in [0, 0.1) is 0 Å². The molecule has 1 aromatic carbocycles. The zero-order valence-corrected chi connectivity index (χ0v) is 17.4. The molecule has 158 valence electrons. The molecule has 1 N–H and O–H groups in total. The molecular weight excluding hydrogens is 378 g/mol. The average molecular weight is 408 g/mol. The quantitative estimate of drug-likeness (QED) is 0.404. The van der Waals surface area contributed by atoms with Crippen molar-refractivity contribution in [2.24, 2.45) is 5.10 Å². The van der Waals surface area contributed by atoms with Crippen LogP contribution in [0.25, 0.3) is 0 Å². The van der Waals surface area contributed by atoms with Gasteiger partial charge in [-0.1, -0.05) is 49.1 Å². The van der Waals surface area contributed by atoms with Gasteiger partial charge in [0.15, 0.2) is 0 Å². The van der Waals surface area contributed by atoms with Gasteiger partial charge in [-0.25, -0.2) is 9.78 Å². The second kappa shape index (κ2) is 11.3. The number of carbonyl (C=O) groups excluding carboxylic acids is 1. The van der Waals surface area contributed by atoms with Crippen LogP contribution in [0.5, 0.6) is 0 Å². The summed E-state index contributed by atoms with van der Waals surface area (Å²) < 4.78 is 0. The fourth-order valence-corrected chi connectivity index (χ4v) is 3.60. The highest BCUT2D eigenvalue weighted by Gasteiger charge is 2.20. The number of hydrazone groups is 1. The summed E-state index contributed by atoms with van der Waals surface area (Å²) in [5, 5.41) is 9.86. The Kier molecular flexibility index (Phi) is 8.18. The van der Waals surface area contributed by atoms with Crippen molar-refractivity contribution in [1.82, 2.24) is 10.3 Å². The number of amides is 1. The maximum absolute atomic E-state index is 12.0. The molecule has 0 aromatic heterocycles. The minimum atomic E-state index is -0.135. The van der Waals surface area contributed by atoms with Crippen molar-refractivity contribution in [3.8, 4) is 0 Å². The standard InChI is InChI=1S/C24H29N3O3/c1-3-7-21-18-22(25-24(28)14-17-30-29-2)10-11-23(21)26-27-15-12-20(13-16-27)19-8-5-4-6-9-19/h3-11,18,20H,1,12-17H2,2H3,(H,25,28)/b21-7-,26-23-. The number of nitrogens with zero attached hydrogens (tertiary/aromatic N) is 2. The minimum absolute atomic E-state index is 0.135. The number of piperidine rings is 1. The normalized spacial score (nSPS) is 19.8. The summed E-state index contributed by atoms with van der Waals surface area (Å²) in [4.78, 5) is 21.2. The molecule has 0 bridgehead atoms. The monoisotopic (exact) mass is 407 g/mol. The molecule has 0 atom stereocenters. The Labute approximate surface area is 178 Å². The summed E-state index contributed by atoms with van der Waals surface area (Å²) in [7, 11) is 1.42. The van der Waals surface area contributed by atoms with E-state index in [1.807, 2.05) is 24.3 Å². The zero-order valence-electron chi connectivity index (χ0n) is 17.4. The van der Waals surface area contributed by atoms with E-state index in [9.17, 15) is 4.79 Å². The molecule has 2 aliphatic rings. The molecule has 0 unspecified atom stereocenters. The zero-order chi connectivity index (χ0) is 21.2. The van der Waals surface area contributed by atoms with Crippen molar-refractivity contribution in [1.29, 1.82) is 0 Å². The van der Waals surface area contributed by atoms with Crippen LogP contribution < -0.4 is 5.32 Å². The summed E-state index contributed by atoms with van der Waals surface area (Å²) in [6, 6.07) is 10.7. The summed E-state index contributed by atoms with van der Waals surface area (Å²) in [6.07, 6.45) is 11.7.